The van der Waals surface area contributed by atoms with E-state index in [-0.39, 0.29) is 0 Å². The van der Waals surface area contributed by atoms with E-state index in [0.29, 0.717) is 6.04 Å². The summed E-state index contributed by atoms with van der Waals surface area (Å²) in [7, 11) is 0. The molecule has 2 aromatic heterocycles. The Kier molecular flexibility index (Phi) is 5.75. The van der Waals surface area contributed by atoms with Crippen LogP contribution in [0.4, 0.5) is 0 Å². The summed E-state index contributed by atoms with van der Waals surface area (Å²) < 4.78 is 5.53. The number of benzene rings is 2. The van der Waals surface area contributed by atoms with Crippen LogP contribution in [0.2, 0.25) is 0 Å². The van der Waals surface area contributed by atoms with Crippen molar-refractivity contribution in [3.05, 3.63) is 72.2 Å². The summed E-state index contributed by atoms with van der Waals surface area (Å²) in [5.41, 5.74) is 2.76. The topological polar surface area (TPSA) is 37.8 Å². The van der Waals surface area contributed by atoms with Gasteiger partial charge in [0.1, 0.15) is 0 Å². The molecule has 1 atom stereocenters. The Labute approximate surface area is 164 Å². The zero-order chi connectivity index (χ0) is 18.5. The van der Waals surface area contributed by atoms with Gasteiger partial charge in [0, 0.05) is 41.9 Å². The molecule has 0 amide bonds. The predicted octanol–water partition coefficient (Wildman–Crippen LogP) is 5.74. The van der Waals surface area contributed by atoms with Gasteiger partial charge in [0.2, 0.25) is 0 Å². The van der Waals surface area contributed by atoms with Crippen molar-refractivity contribution < 1.29 is 0 Å². The van der Waals surface area contributed by atoms with Gasteiger partial charge in [-0.05, 0) is 78.5 Å². The third kappa shape index (κ3) is 4.71. The number of unbranched alkanes of at least 4 members (excludes halogenated alkanes) is 1. The van der Waals surface area contributed by atoms with Crippen molar-refractivity contribution in [1.29, 1.82) is 0 Å². The third-order valence-electron chi connectivity index (χ3n) is 5.13. The smallest absolute Gasteiger partial charge is 0.0550 e. The van der Waals surface area contributed by atoms with E-state index in [4.69, 9.17) is 0 Å². The van der Waals surface area contributed by atoms with Crippen LogP contribution in [0.15, 0.2) is 61.1 Å². The molecule has 4 heteroatoms. The highest BCUT2D eigenvalue weighted by Gasteiger charge is 2.04. The lowest BCUT2D eigenvalue weighted by Gasteiger charge is -2.14. The van der Waals surface area contributed by atoms with Crippen molar-refractivity contribution in [2.24, 2.45) is 0 Å². The van der Waals surface area contributed by atoms with Crippen LogP contribution >= 0.6 is 11.5 Å². The molecule has 4 aromatic rings. The first kappa shape index (κ1) is 18.1. The van der Waals surface area contributed by atoms with Crippen molar-refractivity contribution in [2.75, 3.05) is 0 Å². The van der Waals surface area contributed by atoms with Crippen molar-refractivity contribution in [1.82, 2.24) is 14.7 Å². The highest BCUT2D eigenvalue weighted by molar-refractivity contribution is 7.13. The molecule has 1 N–H and O–H groups in total. The number of pyridine rings is 1. The zero-order valence-corrected chi connectivity index (χ0v) is 16.5. The van der Waals surface area contributed by atoms with Crippen molar-refractivity contribution >= 4 is 32.4 Å². The van der Waals surface area contributed by atoms with Crippen molar-refractivity contribution in [3.8, 4) is 0 Å². The Morgan fingerprint density at radius 3 is 2.78 bits per heavy atom. The maximum atomic E-state index is 4.25. The third-order valence-corrected chi connectivity index (χ3v) is 5.91. The Morgan fingerprint density at radius 2 is 1.81 bits per heavy atom. The van der Waals surface area contributed by atoms with Gasteiger partial charge in [0.05, 0.1) is 4.70 Å². The molecule has 0 radical (unpaired) electrons. The highest BCUT2D eigenvalue weighted by atomic mass is 32.1. The molecular weight excluding hydrogens is 350 g/mol. The second-order valence-corrected chi connectivity index (χ2v) is 8.12. The van der Waals surface area contributed by atoms with Gasteiger partial charge in [-0.25, -0.2) is 0 Å². The maximum Gasteiger partial charge on any atom is 0.0550 e. The van der Waals surface area contributed by atoms with Crippen molar-refractivity contribution in [3.63, 3.8) is 0 Å². The number of rotatable bonds is 8. The number of hydrogen-bond acceptors (Lipinski definition) is 4. The average molecular weight is 376 g/mol. The molecule has 0 aliphatic heterocycles. The molecule has 0 unspecified atom stereocenters. The largest absolute Gasteiger partial charge is 0.310 e. The van der Waals surface area contributed by atoms with Crippen LogP contribution in [0, 0.1) is 0 Å². The highest BCUT2D eigenvalue weighted by Crippen LogP contribution is 2.20. The second-order valence-electron chi connectivity index (χ2n) is 7.28. The fourth-order valence-electron chi connectivity index (χ4n) is 3.49. The molecule has 2 heterocycles. The van der Waals surface area contributed by atoms with Crippen LogP contribution in [-0.2, 0) is 13.0 Å². The van der Waals surface area contributed by atoms with Gasteiger partial charge < -0.3 is 5.32 Å². The van der Waals surface area contributed by atoms with Gasteiger partial charge in [-0.3, -0.25) is 4.98 Å². The Balaban J connectivity index is 1.20. The molecule has 138 valence electrons. The van der Waals surface area contributed by atoms with E-state index < -0.39 is 0 Å². The molecule has 0 bridgehead atoms. The first-order chi connectivity index (χ1) is 13.3. The van der Waals surface area contributed by atoms with Crippen LogP contribution in [0.3, 0.4) is 0 Å². The van der Waals surface area contributed by atoms with Gasteiger partial charge in [0.15, 0.2) is 0 Å². The molecule has 3 nitrogen and oxygen atoms in total. The average Bonchev–Trinajstić information content (AvgIpc) is 3.17. The number of fused-ring (bicyclic) bond motifs is 2. The van der Waals surface area contributed by atoms with Gasteiger partial charge in [0.25, 0.3) is 0 Å². The molecule has 0 aliphatic rings. The van der Waals surface area contributed by atoms with E-state index in [1.165, 1.54) is 51.2 Å². The molecule has 4 rings (SSSR count). The summed E-state index contributed by atoms with van der Waals surface area (Å²) in [4.78, 5) is 4.17. The summed E-state index contributed by atoms with van der Waals surface area (Å²) in [5, 5.41) is 7.40. The van der Waals surface area contributed by atoms with E-state index in [1.54, 1.807) is 11.5 Å². The van der Waals surface area contributed by atoms with Crippen LogP contribution in [-0.4, -0.2) is 15.4 Å². The predicted molar refractivity (Wildman–Crippen MR) is 115 cm³/mol. The van der Waals surface area contributed by atoms with E-state index >= 15 is 0 Å². The minimum Gasteiger partial charge on any atom is -0.310 e. The minimum atomic E-state index is 0.529. The van der Waals surface area contributed by atoms with Gasteiger partial charge in [-0.15, -0.1) is 0 Å². The molecule has 0 aliphatic carbocycles. The van der Waals surface area contributed by atoms with Crippen LogP contribution in [0.25, 0.3) is 20.9 Å². The number of nitrogens with zero attached hydrogens (tertiary/aromatic N) is 2. The fourth-order valence-corrected chi connectivity index (χ4v) is 4.12. The number of aryl methyl sites for hydroxylation is 1. The molecular formula is C23H25N3S. The molecule has 2 aromatic carbocycles. The quantitative estimate of drug-likeness (QED) is 0.399. The summed E-state index contributed by atoms with van der Waals surface area (Å²) in [6.45, 7) is 3.20. The lowest BCUT2D eigenvalue weighted by atomic mass is 10.0. The second kappa shape index (κ2) is 8.59. The Bertz CT molecular complexity index is 1020. The van der Waals surface area contributed by atoms with Gasteiger partial charge >= 0.3 is 0 Å². The first-order valence-electron chi connectivity index (χ1n) is 9.67. The number of nitrogens with one attached hydrogen (secondary N) is 1. The van der Waals surface area contributed by atoms with E-state index in [0.717, 1.165) is 13.0 Å². The Hall–Kier alpha value is -2.30. The fraction of sp³-hybridized carbons (Fsp3) is 0.304. The zero-order valence-electron chi connectivity index (χ0n) is 15.7. The van der Waals surface area contributed by atoms with Crippen LogP contribution < -0.4 is 5.32 Å². The maximum absolute atomic E-state index is 4.25. The summed E-state index contributed by atoms with van der Waals surface area (Å²) in [6.07, 6.45) is 10.6. The summed E-state index contributed by atoms with van der Waals surface area (Å²) in [5.74, 6) is 0. The molecule has 27 heavy (non-hydrogen) atoms. The van der Waals surface area contributed by atoms with Crippen molar-refractivity contribution in [2.45, 2.75) is 45.2 Å². The molecule has 0 spiro atoms. The SMILES string of the molecule is C[C@H](CCCCc1ccc2sncc2c1)NCc1ccc2cnccc2c1. The van der Waals surface area contributed by atoms with Gasteiger partial charge in [-0.1, -0.05) is 24.6 Å². The van der Waals surface area contributed by atoms with E-state index in [9.17, 15) is 0 Å². The summed E-state index contributed by atoms with van der Waals surface area (Å²) in [6, 6.07) is 15.9. The van der Waals surface area contributed by atoms with Crippen LogP contribution in [0.5, 0.6) is 0 Å². The number of hydrogen-bond donors (Lipinski definition) is 1. The summed E-state index contributed by atoms with van der Waals surface area (Å²) >= 11 is 1.57. The van der Waals surface area contributed by atoms with Crippen LogP contribution in [0.1, 0.15) is 37.3 Å². The standard InChI is InChI=1S/C23H25N3S/c1-17(25-14-19-6-8-21-15-24-11-10-20(21)13-19)4-2-3-5-18-7-9-23-22(12-18)16-26-27-23/h6-13,15-17,25H,2-5,14H2,1H3/t17-/m1/s1. The Morgan fingerprint density at radius 1 is 0.926 bits per heavy atom. The molecule has 0 saturated heterocycles. The number of aromatic nitrogens is 2. The van der Waals surface area contributed by atoms with Gasteiger partial charge in [-0.2, -0.15) is 4.37 Å². The normalized spacial score (nSPS) is 12.6. The first-order valence-corrected chi connectivity index (χ1v) is 10.4. The van der Waals surface area contributed by atoms with E-state index in [1.807, 2.05) is 18.6 Å². The molecule has 0 fully saturated rings. The minimum absolute atomic E-state index is 0.529. The lowest BCUT2D eigenvalue weighted by molar-refractivity contribution is 0.489. The monoisotopic (exact) mass is 375 g/mol. The molecule has 0 saturated carbocycles. The van der Waals surface area contributed by atoms with E-state index in [2.05, 4.69) is 64.1 Å². The lowest BCUT2D eigenvalue weighted by Crippen LogP contribution is -2.25.